The second-order valence-electron chi connectivity index (χ2n) is 5.72. The highest BCUT2D eigenvalue weighted by atomic mass is 35.5. The molecule has 130 valence electrons. The highest BCUT2D eigenvalue weighted by molar-refractivity contribution is 8.00. The van der Waals surface area contributed by atoms with Crippen LogP contribution in [0.4, 0.5) is 4.39 Å². The van der Waals surface area contributed by atoms with Crippen LogP contribution in [0.2, 0.25) is 10.0 Å². The number of halogens is 3. The standard InChI is InChI=1S/C19H17Cl2FN2S/c20-17-2-1-3-18(19(17)21)25-16(12-24-11-10-23-13-24)9-6-14-4-7-15(22)8-5-14/h1-5,7-8,10-11,13,16H,6,9,12H2. The van der Waals surface area contributed by atoms with Gasteiger partial charge in [0, 0.05) is 29.1 Å². The van der Waals surface area contributed by atoms with Gasteiger partial charge in [0.15, 0.2) is 0 Å². The predicted molar refractivity (Wildman–Crippen MR) is 103 cm³/mol. The van der Waals surface area contributed by atoms with Crippen molar-refractivity contribution in [2.24, 2.45) is 0 Å². The average Bonchev–Trinajstić information content (AvgIpc) is 3.11. The molecule has 25 heavy (non-hydrogen) atoms. The van der Waals surface area contributed by atoms with Crippen LogP contribution in [0, 0.1) is 5.82 Å². The third-order valence-electron chi connectivity index (χ3n) is 3.85. The first-order valence-corrected chi connectivity index (χ1v) is 9.56. The maximum absolute atomic E-state index is 13.1. The molecule has 1 atom stereocenters. The molecule has 0 bridgehead atoms. The smallest absolute Gasteiger partial charge is 0.123 e. The van der Waals surface area contributed by atoms with Gasteiger partial charge in [-0.3, -0.25) is 0 Å². The first kappa shape index (κ1) is 18.3. The van der Waals surface area contributed by atoms with E-state index in [-0.39, 0.29) is 11.1 Å². The minimum absolute atomic E-state index is 0.209. The number of hydrogen-bond acceptors (Lipinski definition) is 2. The Morgan fingerprint density at radius 2 is 1.92 bits per heavy atom. The molecule has 1 unspecified atom stereocenters. The van der Waals surface area contributed by atoms with Crippen LogP contribution in [0.25, 0.3) is 0 Å². The maximum Gasteiger partial charge on any atom is 0.123 e. The van der Waals surface area contributed by atoms with Crippen LogP contribution in [-0.2, 0) is 13.0 Å². The lowest BCUT2D eigenvalue weighted by molar-refractivity contribution is 0.618. The number of imidazole rings is 1. The molecule has 0 aliphatic rings. The Bertz CT molecular complexity index is 807. The molecular weight excluding hydrogens is 378 g/mol. The summed E-state index contributed by atoms with van der Waals surface area (Å²) in [6.07, 6.45) is 7.33. The van der Waals surface area contributed by atoms with Gasteiger partial charge in [-0.1, -0.05) is 41.4 Å². The number of nitrogens with zero attached hydrogens (tertiary/aromatic N) is 2. The lowest BCUT2D eigenvalue weighted by atomic mass is 10.1. The number of aromatic nitrogens is 2. The zero-order valence-corrected chi connectivity index (χ0v) is 15.7. The zero-order valence-electron chi connectivity index (χ0n) is 13.4. The molecule has 1 aromatic heterocycles. The summed E-state index contributed by atoms with van der Waals surface area (Å²) >= 11 is 14.2. The summed E-state index contributed by atoms with van der Waals surface area (Å²) in [7, 11) is 0. The Kier molecular flexibility index (Phi) is 6.40. The van der Waals surface area contributed by atoms with E-state index < -0.39 is 0 Å². The molecule has 0 aliphatic heterocycles. The molecule has 3 aromatic rings. The quantitative estimate of drug-likeness (QED) is 0.449. The van der Waals surface area contributed by atoms with E-state index in [0.717, 1.165) is 29.8 Å². The van der Waals surface area contributed by atoms with E-state index in [4.69, 9.17) is 23.2 Å². The van der Waals surface area contributed by atoms with Gasteiger partial charge in [0.05, 0.1) is 16.4 Å². The topological polar surface area (TPSA) is 17.8 Å². The van der Waals surface area contributed by atoms with E-state index >= 15 is 0 Å². The highest BCUT2D eigenvalue weighted by Crippen LogP contribution is 2.36. The van der Waals surface area contributed by atoms with Gasteiger partial charge in [-0.05, 0) is 42.7 Å². The van der Waals surface area contributed by atoms with Crippen molar-refractivity contribution in [3.8, 4) is 0 Å². The molecule has 0 radical (unpaired) electrons. The third-order valence-corrected chi connectivity index (χ3v) is 6.09. The Balaban J connectivity index is 1.72. The number of hydrogen-bond donors (Lipinski definition) is 0. The SMILES string of the molecule is Fc1ccc(CCC(Cn2ccnc2)Sc2cccc(Cl)c2Cl)cc1. The molecule has 0 spiro atoms. The maximum atomic E-state index is 13.1. The average molecular weight is 395 g/mol. The molecule has 0 amide bonds. The van der Waals surface area contributed by atoms with Crippen LogP contribution in [0.3, 0.4) is 0 Å². The van der Waals surface area contributed by atoms with Crippen LogP contribution in [-0.4, -0.2) is 14.8 Å². The van der Waals surface area contributed by atoms with Crippen molar-refractivity contribution in [1.29, 1.82) is 0 Å². The van der Waals surface area contributed by atoms with Gasteiger partial charge in [0.1, 0.15) is 5.82 Å². The predicted octanol–water partition coefficient (Wildman–Crippen LogP) is 6.12. The number of thioether (sulfide) groups is 1. The van der Waals surface area contributed by atoms with Crippen molar-refractivity contribution in [1.82, 2.24) is 9.55 Å². The van der Waals surface area contributed by atoms with Crippen molar-refractivity contribution in [2.45, 2.75) is 29.5 Å². The van der Waals surface area contributed by atoms with E-state index in [0.29, 0.717) is 10.0 Å². The summed E-state index contributed by atoms with van der Waals surface area (Å²) in [4.78, 5) is 5.08. The van der Waals surface area contributed by atoms with Crippen molar-refractivity contribution in [3.05, 3.63) is 82.6 Å². The fraction of sp³-hybridized carbons (Fsp3) is 0.211. The van der Waals surface area contributed by atoms with E-state index in [9.17, 15) is 4.39 Å². The summed E-state index contributed by atoms with van der Waals surface area (Å²) in [6.45, 7) is 0.814. The molecule has 0 saturated carbocycles. The molecule has 0 fully saturated rings. The van der Waals surface area contributed by atoms with Gasteiger partial charge in [-0.15, -0.1) is 11.8 Å². The third kappa shape index (κ3) is 5.24. The molecule has 2 aromatic carbocycles. The molecule has 2 nitrogen and oxygen atoms in total. The minimum Gasteiger partial charge on any atom is -0.336 e. The lowest BCUT2D eigenvalue weighted by Crippen LogP contribution is -2.13. The van der Waals surface area contributed by atoms with E-state index in [1.165, 1.54) is 12.1 Å². The van der Waals surface area contributed by atoms with Gasteiger partial charge in [0.2, 0.25) is 0 Å². The normalized spacial score (nSPS) is 12.3. The number of aryl methyl sites for hydroxylation is 1. The summed E-state index contributed by atoms with van der Waals surface area (Å²) in [5.74, 6) is -0.209. The fourth-order valence-electron chi connectivity index (χ4n) is 2.55. The van der Waals surface area contributed by atoms with Gasteiger partial charge in [0.25, 0.3) is 0 Å². The Morgan fingerprint density at radius 1 is 1.12 bits per heavy atom. The molecule has 0 aliphatic carbocycles. The van der Waals surface area contributed by atoms with Gasteiger partial charge in [-0.2, -0.15) is 0 Å². The van der Waals surface area contributed by atoms with Crippen LogP contribution < -0.4 is 0 Å². The van der Waals surface area contributed by atoms with E-state index in [1.54, 1.807) is 24.0 Å². The molecule has 6 heteroatoms. The number of benzene rings is 2. The Labute approximate surface area is 161 Å². The highest BCUT2D eigenvalue weighted by Gasteiger charge is 2.15. The summed E-state index contributed by atoms with van der Waals surface area (Å²) in [5.41, 5.74) is 1.12. The number of rotatable bonds is 7. The van der Waals surface area contributed by atoms with Crippen molar-refractivity contribution in [2.75, 3.05) is 0 Å². The molecule has 3 rings (SSSR count). The van der Waals surface area contributed by atoms with E-state index in [2.05, 4.69) is 9.55 Å². The zero-order chi connectivity index (χ0) is 17.6. The van der Waals surface area contributed by atoms with Crippen molar-refractivity contribution in [3.63, 3.8) is 0 Å². The molecule has 0 N–H and O–H groups in total. The largest absolute Gasteiger partial charge is 0.336 e. The van der Waals surface area contributed by atoms with Gasteiger partial charge >= 0.3 is 0 Å². The Hall–Kier alpha value is -1.49. The van der Waals surface area contributed by atoms with Crippen molar-refractivity contribution < 1.29 is 4.39 Å². The summed E-state index contributed by atoms with van der Waals surface area (Å²) in [6, 6.07) is 12.4. The second-order valence-corrected chi connectivity index (χ2v) is 7.84. The first-order chi connectivity index (χ1) is 12.1. The molecular formula is C19H17Cl2FN2S. The monoisotopic (exact) mass is 394 g/mol. The molecule has 1 heterocycles. The summed E-state index contributed by atoms with van der Waals surface area (Å²) in [5, 5.41) is 1.44. The van der Waals surface area contributed by atoms with E-state index in [1.807, 2.05) is 36.8 Å². The van der Waals surface area contributed by atoms with Crippen molar-refractivity contribution >= 4 is 35.0 Å². The van der Waals surface area contributed by atoms with Crippen LogP contribution >= 0.6 is 35.0 Å². The fourth-order valence-corrected chi connectivity index (χ4v) is 4.25. The molecule has 0 saturated heterocycles. The minimum atomic E-state index is -0.209. The first-order valence-electron chi connectivity index (χ1n) is 7.92. The second kappa shape index (κ2) is 8.75. The lowest BCUT2D eigenvalue weighted by Gasteiger charge is -2.18. The van der Waals surface area contributed by atoms with Gasteiger partial charge in [-0.25, -0.2) is 9.37 Å². The Morgan fingerprint density at radius 3 is 2.64 bits per heavy atom. The summed E-state index contributed by atoms with van der Waals surface area (Å²) < 4.78 is 15.1. The van der Waals surface area contributed by atoms with Crippen LogP contribution in [0.1, 0.15) is 12.0 Å². The van der Waals surface area contributed by atoms with Crippen LogP contribution in [0.15, 0.2) is 66.1 Å². The van der Waals surface area contributed by atoms with Gasteiger partial charge < -0.3 is 4.57 Å². The van der Waals surface area contributed by atoms with Crippen LogP contribution in [0.5, 0.6) is 0 Å².